The molecular weight excluding hydrogens is 282 g/mol. The molecule has 0 aliphatic rings. The number of hydrogen-bond donors (Lipinski definition) is 0. The summed E-state index contributed by atoms with van der Waals surface area (Å²) in [5.74, 6) is -0.301. The Morgan fingerprint density at radius 2 is 1.90 bits per heavy atom. The zero-order valence-electron chi connectivity index (χ0n) is 11.9. The van der Waals surface area contributed by atoms with Gasteiger partial charge in [0.15, 0.2) is 0 Å². The molecule has 0 fully saturated rings. The third-order valence-corrected chi connectivity index (χ3v) is 4.01. The lowest BCUT2D eigenvalue weighted by atomic mass is 10.1. The standard InChI is InChI=1S/C17H15NO2S/c1-11-5-12(2)7-13(6-11)9-20-17(19)14-3-4-15-16(8-14)21-10-18-15/h3-8,10H,9H2,1-2H3. The summed E-state index contributed by atoms with van der Waals surface area (Å²) in [6.45, 7) is 4.37. The van der Waals surface area contributed by atoms with E-state index in [1.165, 1.54) is 22.5 Å². The lowest BCUT2D eigenvalue weighted by Crippen LogP contribution is -2.05. The van der Waals surface area contributed by atoms with Crippen LogP contribution in [0.4, 0.5) is 0 Å². The first-order valence-corrected chi connectivity index (χ1v) is 7.57. The van der Waals surface area contributed by atoms with Gasteiger partial charge >= 0.3 is 5.97 Å². The van der Waals surface area contributed by atoms with Gasteiger partial charge in [0.25, 0.3) is 0 Å². The number of aromatic nitrogens is 1. The lowest BCUT2D eigenvalue weighted by Gasteiger charge is -2.07. The third kappa shape index (κ3) is 3.11. The number of ether oxygens (including phenoxy) is 1. The average Bonchev–Trinajstić information content (AvgIpc) is 2.91. The summed E-state index contributed by atoms with van der Waals surface area (Å²) in [7, 11) is 0. The second kappa shape index (κ2) is 5.66. The molecule has 106 valence electrons. The summed E-state index contributed by atoms with van der Waals surface area (Å²) in [5.41, 5.74) is 6.61. The van der Waals surface area contributed by atoms with E-state index in [2.05, 4.69) is 11.1 Å². The summed E-state index contributed by atoms with van der Waals surface area (Å²) in [6, 6.07) is 11.6. The van der Waals surface area contributed by atoms with Gasteiger partial charge in [0.05, 0.1) is 21.3 Å². The smallest absolute Gasteiger partial charge is 0.338 e. The number of hydrogen-bond acceptors (Lipinski definition) is 4. The van der Waals surface area contributed by atoms with Crippen molar-refractivity contribution in [3.05, 3.63) is 64.2 Å². The molecule has 1 aromatic heterocycles. The van der Waals surface area contributed by atoms with Crippen molar-refractivity contribution in [1.29, 1.82) is 0 Å². The quantitative estimate of drug-likeness (QED) is 0.678. The predicted octanol–water partition coefficient (Wildman–Crippen LogP) is 4.27. The van der Waals surface area contributed by atoms with Gasteiger partial charge in [0, 0.05) is 0 Å². The first-order valence-electron chi connectivity index (χ1n) is 6.69. The largest absolute Gasteiger partial charge is 0.457 e. The number of thiazole rings is 1. The average molecular weight is 297 g/mol. The topological polar surface area (TPSA) is 39.2 Å². The molecule has 0 aliphatic heterocycles. The van der Waals surface area contributed by atoms with Crippen LogP contribution in [0.1, 0.15) is 27.0 Å². The van der Waals surface area contributed by atoms with Gasteiger partial charge in [-0.2, -0.15) is 0 Å². The third-order valence-electron chi connectivity index (χ3n) is 3.22. The van der Waals surface area contributed by atoms with Crippen LogP contribution in [0.25, 0.3) is 10.2 Å². The number of esters is 1. The Hall–Kier alpha value is -2.20. The molecule has 4 heteroatoms. The van der Waals surface area contributed by atoms with Crippen molar-refractivity contribution in [3.63, 3.8) is 0 Å². The van der Waals surface area contributed by atoms with Crippen LogP contribution in [0.15, 0.2) is 41.9 Å². The first kappa shape index (κ1) is 13.8. The highest BCUT2D eigenvalue weighted by atomic mass is 32.1. The highest BCUT2D eigenvalue weighted by molar-refractivity contribution is 7.16. The van der Waals surface area contributed by atoms with Crippen LogP contribution in [0.2, 0.25) is 0 Å². The van der Waals surface area contributed by atoms with Crippen molar-refractivity contribution in [2.75, 3.05) is 0 Å². The molecule has 1 heterocycles. The van der Waals surface area contributed by atoms with E-state index in [0.29, 0.717) is 12.2 Å². The molecule has 0 saturated heterocycles. The molecule has 0 bridgehead atoms. The van der Waals surface area contributed by atoms with E-state index < -0.39 is 0 Å². The number of fused-ring (bicyclic) bond motifs is 1. The molecule has 3 nitrogen and oxygen atoms in total. The Bertz CT molecular complexity index is 787. The molecule has 3 rings (SSSR count). The maximum absolute atomic E-state index is 12.1. The van der Waals surface area contributed by atoms with E-state index >= 15 is 0 Å². The molecule has 0 atom stereocenters. The van der Waals surface area contributed by atoms with E-state index in [4.69, 9.17) is 4.74 Å². The van der Waals surface area contributed by atoms with Crippen molar-refractivity contribution in [2.24, 2.45) is 0 Å². The molecular formula is C17H15NO2S. The minimum atomic E-state index is -0.301. The molecule has 2 aromatic carbocycles. The second-order valence-electron chi connectivity index (χ2n) is 5.11. The van der Waals surface area contributed by atoms with Crippen LogP contribution in [0.5, 0.6) is 0 Å². The number of benzene rings is 2. The number of carbonyl (C=O) groups is 1. The summed E-state index contributed by atoms with van der Waals surface area (Å²) < 4.78 is 6.39. The Balaban J connectivity index is 1.73. The van der Waals surface area contributed by atoms with Crippen molar-refractivity contribution in [1.82, 2.24) is 4.98 Å². The van der Waals surface area contributed by atoms with Gasteiger partial charge < -0.3 is 4.74 Å². The maximum Gasteiger partial charge on any atom is 0.338 e. The highest BCUT2D eigenvalue weighted by Gasteiger charge is 2.09. The van der Waals surface area contributed by atoms with Crippen LogP contribution in [0, 0.1) is 13.8 Å². The van der Waals surface area contributed by atoms with Crippen LogP contribution in [-0.2, 0) is 11.3 Å². The van der Waals surface area contributed by atoms with E-state index in [1.807, 2.05) is 38.1 Å². The van der Waals surface area contributed by atoms with Crippen molar-refractivity contribution >= 4 is 27.5 Å². The maximum atomic E-state index is 12.1. The van der Waals surface area contributed by atoms with E-state index in [0.717, 1.165) is 15.8 Å². The van der Waals surface area contributed by atoms with Gasteiger partial charge in [0.1, 0.15) is 6.61 Å². The van der Waals surface area contributed by atoms with Crippen LogP contribution in [-0.4, -0.2) is 11.0 Å². The van der Waals surface area contributed by atoms with Crippen molar-refractivity contribution in [2.45, 2.75) is 20.5 Å². The van der Waals surface area contributed by atoms with Gasteiger partial charge in [-0.1, -0.05) is 29.3 Å². The Morgan fingerprint density at radius 3 is 2.67 bits per heavy atom. The summed E-state index contributed by atoms with van der Waals surface area (Å²) in [6.07, 6.45) is 0. The predicted molar refractivity (Wildman–Crippen MR) is 84.7 cm³/mol. The van der Waals surface area contributed by atoms with Crippen molar-refractivity contribution in [3.8, 4) is 0 Å². The van der Waals surface area contributed by atoms with Gasteiger partial charge in [-0.15, -0.1) is 11.3 Å². The van der Waals surface area contributed by atoms with Crippen LogP contribution < -0.4 is 0 Å². The fourth-order valence-corrected chi connectivity index (χ4v) is 3.08. The van der Waals surface area contributed by atoms with Gasteiger partial charge in [-0.05, 0) is 37.6 Å². The van der Waals surface area contributed by atoms with E-state index in [1.54, 1.807) is 11.6 Å². The molecule has 0 radical (unpaired) electrons. The Kier molecular flexibility index (Phi) is 3.71. The molecule has 3 aromatic rings. The number of rotatable bonds is 3. The normalized spacial score (nSPS) is 10.8. The Morgan fingerprint density at radius 1 is 1.14 bits per heavy atom. The molecule has 0 amide bonds. The van der Waals surface area contributed by atoms with E-state index in [-0.39, 0.29) is 5.97 Å². The van der Waals surface area contributed by atoms with E-state index in [9.17, 15) is 4.79 Å². The zero-order valence-corrected chi connectivity index (χ0v) is 12.7. The summed E-state index contributed by atoms with van der Waals surface area (Å²) >= 11 is 1.52. The fourth-order valence-electron chi connectivity index (χ4n) is 2.37. The molecule has 0 unspecified atom stereocenters. The molecule has 21 heavy (non-hydrogen) atoms. The van der Waals surface area contributed by atoms with Crippen molar-refractivity contribution < 1.29 is 9.53 Å². The fraction of sp³-hybridized carbons (Fsp3) is 0.176. The zero-order chi connectivity index (χ0) is 14.8. The SMILES string of the molecule is Cc1cc(C)cc(COC(=O)c2ccc3ncsc3c2)c1. The molecule has 0 spiro atoms. The molecule has 0 saturated carbocycles. The lowest BCUT2D eigenvalue weighted by molar-refractivity contribution is 0.0473. The highest BCUT2D eigenvalue weighted by Crippen LogP contribution is 2.20. The number of nitrogens with zero attached hydrogens (tertiary/aromatic N) is 1. The van der Waals surface area contributed by atoms with Gasteiger partial charge in [-0.3, -0.25) is 0 Å². The first-order chi connectivity index (χ1) is 10.1. The van der Waals surface area contributed by atoms with Crippen LogP contribution >= 0.6 is 11.3 Å². The summed E-state index contributed by atoms with van der Waals surface area (Å²) in [4.78, 5) is 16.3. The van der Waals surface area contributed by atoms with Gasteiger partial charge in [-0.25, -0.2) is 9.78 Å². The van der Waals surface area contributed by atoms with Crippen LogP contribution in [0.3, 0.4) is 0 Å². The molecule has 0 N–H and O–H groups in total. The second-order valence-corrected chi connectivity index (χ2v) is 5.99. The van der Waals surface area contributed by atoms with Gasteiger partial charge in [0.2, 0.25) is 0 Å². The summed E-state index contributed by atoms with van der Waals surface area (Å²) in [5, 5.41) is 0. The minimum absolute atomic E-state index is 0.294. The monoisotopic (exact) mass is 297 g/mol. The number of carbonyl (C=O) groups excluding carboxylic acids is 1. The minimum Gasteiger partial charge on any atom is -0.457 e. The Labute approximate surface area is 127 Å². The molecule has 0 aliphatic carbocycles. The number of aryl methyl sites for hydroxylation is 2.